The average Bonchev–Trinajstić information content (AvgIpc) is 2.46. The van der Waals surface area contributed by atoms with Crippen LogP contribution >= 0.6 is 0 Å². The van der Waals surface area contributed by atoms with Gasteiger partial charge in [0.1, 0.15) is 5.75 Å². The van der Waals surface area contributed by atoms with Crippen molar-refractivity contribution in [1.82, 2.24) is 0 Å². The highest BCUT2D eigenvalue weighted by molar-refractivity contribution is 5.70. The van der Waals surface area contributed by atoms with Crippen LogP contribution in [-0.2, 0) is 6.54 Å². The number of aryl methyl sites for hydroxylation is 1. The monoisotopic (exact) mass is 256 g/mol. The Kier molecular flexibility index (Phi) is 4.07. The van der Waals surface area contributed by atoms with Crippen LogP contribution in [0, 0.1) is 6.92 Å². The van der Waals surface area contributed by atoms with Gasteiger partial charge in [-0.1, -0.05) is 24.3 Å². The van der Waals surface area contributed by atoms with E-state index in [2.05, 4.69) is 36.1 Å². The number of methoxy groups -OCH3 is 1. The van der Waals surface area contributed by atoms with Crippen LogP contribution in [0.1, 0.15) is 11.1 Å². The molecule has 0 heterocycles. The molecule has 0 saturated carbocycles. The number of hydrogen-bond donors (Lipinski definition) is 1. The molecule has 0 radical (unpaired) electrons. The van der Waals surface area contributed by atoms with Gasteiger partial charge in [0.15, 0.2) is 0 Å². The molecular weight excluding hydrogens is 236 g/mol. The molecule has 2 aromatic rings. The normalized spacial score (nSPS) is 10.3. The molecule has 0 fully saturated rings. The number of hydrogen-bond acceptors (Lipinski definition) is 3. The first-order valence-corrected chi connectivity index (χ1v) is 6.33. The zero-order chi connectivity index (χ0) is 13.8. The van der Waals surface area contributed by atoms with Crippen LogP contribution in [0.2, 0.25) is 0 Å². The van der Waals surface area contributed by atoms with Crippen molar-refractivity contribution in [2.24, 2.45) is 5.73 Å². The first kappa shape index (κ1) is 13.4. The SMILES string of the molecule is COc1ccccc1N(C)c1ccc(CN)cc1C. The van der Waals surface area contributed by atoms with Crippen molar-refractivity contribution < 1.29 is 4.74 Å². The number of nitrogens with zero attached hydrogens (tertiary/aromatic N) is 1. The van der Waals surface area contributed by atoms with Gasteiger partial charge in [-0.15, -0.1) is 0 Å². The van der Waals surface area contributed by atoms with Gasteiger partial charge in [-0.25, -0.2) is 0 Å². The summed E-state index contributed by atoms with van der Waals surface area (Å²) in [5.41, 5.74) is 10.2. The smallest absolute Gasteiger partial charge is 0.142 e. The predicted molar refractivity (Wildman–Crippen MR) is 80.1 cm³/mol. The number of ether oxygens (including phenoxy) is 1. The summed E-state index contributed by atoms with van der Waals surface area (Å²) in [6.07, 6.45) is 0. The molecule has 100 valence electrons. The van der Waals surface area contributed by atoms with E-state index < -0.39 is 0 Å². The Bertz CT molecular complexity index is 566. The minimum Gasteiger partial charge on any atom is -0.495 e. The molecule has 2 aromatic carbocycles. The van der Waals surface area contributed by atoms with E-state index in [0.717, 1.165) is 22.7 Å². The summed E-state index contributed by atoms with van der Waals surface area (Å²) in [4.78, 5) is 2.13. The van der Waals surface area contributed by atoms with Gasteiger partial charge >= 0.3 is 0 Å². The van der Waals surface area contributed by atoms with Gasteiger partial charge in [0, 0.05) is 19.3 Å². The van der Waals surface area contributed by atoms with Crippen LogP contribution in [0.3, 0.4) is 0 Å². The van der Waals surface area contributed by atoms with E-state index in [1.54, 1.807) is 7.11 Å². The van der Waals surface area contributed by atoms with Crippen LogP contribution in [0.15, 0.2) is 42.5 Å². The first-order valence-electron chi connectivity index (χ1n) is 6.33. The lowest BCUT2D eigenvalue weighted by molar-refractivity contribution is 0.415. The van der Waals surface area contributed by atoms with E-state index in [1.165, 1.54) is 5.56 Å². The lowest BCUT2D eigenvalue weighted by Gasteiger charge is -2.24. The highest BCUT2D eigenvalue weighted by Crippen LogP contribution is 2.33. The Balaban J connectivity index is 2.41. The molecule has 0 saturated heterocycles. The summed E-state index contributed by atoms with van der Waals surface area (Å²) < 4.78 is 5.41. The molecule has 2 rings (SSSR count). The van der Waals surface area contributed by atoms with Crippen molar-refractivity contribution in [2.45, 2.75) is 13.5 Å². The zero-order valence-electron chi connectivity index (χ0n) is 11.7. The first-order chi connectivity index (χ1) is 9.17. The maximum absolute atomic E-state index is 5.67. The van der Waals surface area contributed by atoms with Crippen LogP contribution in [0.25, 0.3) is 0 Å². The van der Waals surface area contributed by atoms with Gasteiger partial charge in [-0.2, -0.15) is 0 Å². The molecule has 0 atom stereocenters. The molecule has 0 bridgehead atoms. The van der Waals surface area contributed by atoms with Crippen molar-refractivity contribution in [1.29, 1.82) is 0 Å². The maximum Gasteiger partial charge on any atom is 0.142 e. The van der Waals surface area contributed by atoms with Crippen LogP contribution in [0.4, 0.5) is 11.4 Å². The molecule has 3 nitrogen and oxygen atoms in total. The summed E-state index contributed by atoms with van der Waals surface area (Å²) >= 11 is 0. The van der Waals surface area contributed by atoms with Crippen LogP contribution in [0.5, 0.6) is 5.75 Å². The second-order valence-corrected chi connectivity index (χ2v) is 4.56. The molecule has 0 aliphatic rings. The maximum atomic E-state index is 5.67. The standard InChI is InChI=1S/C16H20N2O/c1-12-10-13(11-17)8-9-14(12)18(2)15-6-4-5-7-16(15)19-3/h4-10H,11,17H2,1-3H3. The fourth-order valence-corrected chi connectivity index (χ4v) is 2.26. The molecule has 3 heteroatoms. The topological polar surface area (TPSA) is 38.5 Å². The van der Waals surface area contributed by atoms with Gasteiger partial charge in [0.25, 0.3) is 0 Å². The van der Waals surface area contributed by atoms with Crippen molar-refractivity contribution >= 4 is 11.4 Å². The summed E-state index contributed by atoms with van der Waals surface area (Å²) in [6.45, 7) is 2.67. The third-order valence-corrected chi connectivity index (χ3v) is 3.30. The minimum absolute atomic E-state index is 0.569. The highest BCUT2D eigenvalue weighted by atomic mass is 16.5. The Labute approximate surface area is 114 Å². The number of nitrogens with two attached hydrogens (primary N) is 1. The summed E-state index contributed by atoms with van der Waals surface area (Å²) in [5, 5.41) is 0. The number of para-hydroxylation sites is 2. The third kappa shape index (κ3) is 2.71. The van der Waals surface area contributed by atoms with Crippen LogP contribution in [-0.4, -0.2) is 14.2 Å². The van der Waals surface area contributed by atoms with Gasteiger partial charge < -0.3 is 15.4 Å². The molecule has 0 aromatic heterocycles. The number of anilines is 2. The minimum atomic E-state index is 0.569. The van der Waals surface area contributed by atoms with Crippen molar-refractivity contribution in [3.63, 3.8) is 0 Å². The third-order valence-electron chi connectivity index (χ3n) is 3.30. The summed E-state index contributed by atoms with van der Waals surface area (Å²) in [6, 6.07) is 14.3. The van der Waals surface area contributed by atoms with E-state index in [0.29, 0.717) is 6.54 Å². The Hall–Kier alpha value is -2.00. The fraction of sp³-hybridized carbons (Fsp3) is 0.250. The molecule has 0 amide bonds. The van der Waals surface area contributed by atoms with Crippen molar-refractivity contribution in [3.05, 3.63) is 53.6 Å². The van der Waals surface area contributed by atoms with Gasteiger partial charge in [-0.3, -0.25) is 0 Å². The van der Waals surface area contributed by atoms with Gasteiger partial charge in [0.2, 0.25) is 0 Å². The largest absolute Gasteiger partial charge is 0.495 e. The van der Waals surface area contributed by atoms with Crippen molar-refractivity contribution in [3.8, 4) is 5.75 Å². The molecule has 0 spiro atoms. The van der Waals surface area contributed by atoms with Crippen LogP contribution < -0.4 is 15.4 Å². The molecular formula is C16H20N2O. The second-order valence-electron chi connectivity index (χ2n) is 4.56. The van der Waals surface area contributed by atoms with Crippen molar-refractivity contribution in [2.75, 3.05) is 19.1 Å². The Morgan fingerprint density at radius 2 is 1.84 bits per heavy atom. The van der Waals surface area contributed by atoms with E-state index in [4.69, 9.17) is 10.5 Å². The number of benzene rings is 2. The summed E-state index contributed by atoms with van der Waals surface area (Å²) in [7, 11) is 3.74. The van der Waals surface area contributed by atoms with E-state index in [-0.39, 0.29) is 0 Å². The average molecular weight is 256 g/mol. The van der Waals surface area contributed by atoms with Gasteiger partial charge in [-0.05, 0) is 36.2 Å². The fourth-order valence-electron chi connectivity index (χ4n) is 2.26. The molecule has 0 unspecified atom stereocenters. The Morgan fingerprint density at radius 3 is 2.47 bits per heavy atom. The lowest BCUT2D eigenvalue weighted by Crippen LogP contribution is -2.12. The second kappa shape index (κ2) is 5.76. The molecule has 2 N–H and O–H groups in total. The number of rotatable bonds is 4. The summed E-state index contributed by atoms with van der Waals surface area (Å²) in [5.74, 6) is 0.868. The van der Waals surface area contributed by atoms with Gasteiger partial charge in [0.05, 0.1) is 12.8 Å². The predicted octanol–water partition coefficient (Wildman–Crippen LogP) is 3.23. The molecule has 0 aliphatic heterocycles. The Morgan fingerprint density at radius 1 is 1.11 bits per heavy atom. The highest BCUT2D eigenvalue weighted by Gasteiger charge is 2.11. The molecule has 0 aliphatic carbocycles. The lowest BCUT2D eigenvalue weighted by atomic mass is 10.1. The zero-order valence-corrected chi connectivity index (χ0v) is 11.7. The van der Waals surface area contributed by atoms with E-state index >= 15 is 0 Å². The van der Waals surface area contributed by atoms with E-state index in [9.17, 15) is 0 Å². The van der Waals surface area contributed by atoms with E-state index in [1.807, 2.05) is 25.2 Å². The molecule has 19 heavy (non-hydrogen) atoms. The quantitative estimate of drug-likeness (QED) is 0.912.